The average Bonchev–Trinajstić information content (AvgIpc) is 3.18. The van der Waals surface area contributed by atoms with Crippen molar-refractivity contribution < 1.29 is 14.3 Å². The van der Waals surface area contributed by atoms with Crippen LogP contribution in [-0.4, -0.2) is 23.5 Å². The van der Waals surface area contributed by atoms with Crippen molar-refractivity contribution in [3.63, 3.8) is 0 Å². The number of unbranched alkanes of at least 4 members (excludes halogenated alkanes) is 2. The topological polar surface area (TPSA) is 94.3 Å². The Balaban J connectivity index is 1.60. The van der Waals surface area contributed by atoms with Gasteiger partial charge in [0.25, 0.3) is 0 Å². The Kier molecular flexibility index (Phi) is 7.02. The molecule has 2 amide bonds. The Hall–Kier alpha value is -1.93. The van der Waals surface area contributed by atoms with Crippen molar-refractivity contribution in [2.45, 2.75) is 32.3 Å². The van der Waals surface area contributed by atoms with Crippen LogP contribution in [0.5, 0.6) is 0 Å². The number of esters is 1. The van der Waals surface area contributed by atoms with Crippen molar-refractivity contribution >= 4 is 34.7 Å². The number of carbonyl (C=O) groups excluding carboxylic acids is 2. The highest BCUT2D eigenvalue weighted by molar-refractivity contribution is 7.14. The van der Waals surface area contributed by atoms with E-state index in [1.807, 2.05) is 22.2 Å². The molecule has 2 aromatic heterocycles. The Morgan fingerprint density at radius 1 is 1.26 bits per heavy atom. The second-order valence-electron chi connectivity index (χ2n) is 4.92. The standard InChI is InChI=1S/C15H19N3O3S2/c16-15(20)17-6-3-1-2-4-13(19)21-8-12-10-23-14(18-12)11-5-7-22-9-11/h5,7,9-10H,1-4,6,8H2,(H3,16,17,20). The van der Waals surface area contributed by atoms with Crippen LogP contribution in [-0.2, 0) is 16.1 Å². The van der Waals surface area contributed by atoms with Gasteiger partial charge in [-0.3, -0.25) is 4.79 Å². The third-order valence-electron chi connectivity index (χ3n) is 3.06. The quantitative estimate of drug-likeness (QED) is 0.535. The maximum absolute atomic E-state index is 11.7. The molecular weight excluding hydrogens is 334 g/mol. The van der Waals surface area contributed by atoms with Crippen LogP contribution in [0.15, 0.2) is 22.2 Å². The molecule has 0 aromatic carbocycles. The molecule has 0 atom stereocenters. The van der Waals surface area contributed by atoms with E-state index in [0.29, 0.717) is 13.0 Å². The summed E-state index contributed by atoms with van der Waals surface area (Å²) in [6, 6.07) is 1.50. The van der Waals surface area contributed by atoms with Crippen molar-refractivity contribution in [2.75, 3.05) is 6.54 Å². The number of rotatable bonds is 9. The first kappa shape index (κ1) is 17.4. The van der Waals surface area contributed by atoms with Crippen LogP contribution < -0.4 is 11.1 Å². The fraction of sp³-hybridized carbons (Fsp3) is 0.400. The molecule has 2 aromatic rings. The normalized spacial score (nSPS) is 10.4. The second kappa shape index (κ2) is 9.26. The zero-order valence-corrected chi connectivity index (χ0v) is 14.3. The first-order valence-corrected chi connectivity index (χ1v) is 9.13. The number of amides is 2. The van der Waals surface area contributed by atoms with Gasteiger partial charge in [0, 0.05) is 29.3 Å². The minimum atomic E-state index is -0.519. The number of primary amides is 1. The number of nitrogens with one attached hydrogen (secondary N) is 1. The lowest BCUT2D eigenvalue weighted by atomic mass is 10.2. The molecule has 0 bridgehead atoms. The summed E-state index contributed by atoms with van der Waals surface area (Å²) in [5, 5.41) is 9.42. The Morgan fingerprint density at radius 2 is 2.13 bits per heavy atom. The molecule has 3 N–H and O–H groups in total. The highest BCUT2D eigenvalue weighted by Gasteiger charge is 2.08. The molecule has 8 heteroatoms. The largest absolute Gasteiger partial charge is 0.459 e. The van der Waals surface area contributed by atoms with Gasteiger partial charge in [-0.15, -0.1) is 11.3 Å². The van der Waals surface area contributed by atoms with Crippen molar-refractivity contribution in [3.05, 3.63) is 27.9 Å². The SMILES string of the molecule is NC(=O)NCCCCCC(=O)OCc1csc(-c2ccsc2)n1. The number of ether oxygens (including phenoxy) is 1. The van der Waals surface area contributed by atoms with Gasteiger partial charge in [0.15, 0.2) is 0 Å². The zero-order chi connectivity index (χ0) is 16.5. The number of aromatic nitrogens is 1. The number of thiophene rings is 1. The number of carbonyl (C=O) groups is 2. The summed E-state index contributed by atoms with van der Waals surface area (Å²) >= 11 is 3.18. The average molecular weight is 353 g/mol. The molecule has 0 aliphatic rings. The van der Waals surface area contributed by atoms with E-state index in [1.165, 1.54) is 0 Å². The van der Waals surface area contributed by atoms with Crippen molar-refractivity contribution in [3.8, 4) is 10.6 Å². The molecule has 2 rings (SSSR count). The molecule has 0 fully saturated rings. The smallest absolute Gasteiger partial charge is 0.312 e. The number of hydrogen-bond donors (Lipinski definition) is 2. The molecule has 0 unspecified atom stereocenters. The molecule has 0 spiro atoms. The summed E-state index contributed by atoms with van der Waals surface area (Å²) in [7, 11) is 0. The minimum absolute atomic E-state index is 0.211. The van der Waals surface area contributed by atoms with Crippen molar-refractivity contribution in [1.29, 1.82) is 0 Å². The lowest BCUT2D eigenvalue weighted by Crippen LogP contribution is -2.29. The zero-order valence-electron chi connectivity index (χ0n) is 12.6. The molecule has 2 heterocycles. The van der Waals surface area contributed by atoms with Crippen LogP contribution in [0.3, 0.4) is 0 Å². The molecule has 0 radical (unpaired) electrons. The highest BCUT2D eigenvalue weighted by atomic mass is 32.1. The highest BCUT2D eigenvalue weighted by Crippen LogP contribution is 2.25. The first-order chi connectivity index (χ1) is 11.1. The van der Waals surface area contributed by atoms with E-state index in [4.69, 9.17) is 10.5 Å². The Morgan fingerprint density at radius 3 is 2.87 bits per heavy atom. The maximum Gasteiger partial charge on any atom is 0.312 e. The van der Waals surface area contributed by atoms with E-state index in [0.717, 1.165) is 35.5 Å². The lowest BCUT2D eigenvalue weighted by Gasteiger charge is -2.03. The van der Waals surface area contributed by atoms with Crippen LogP contribution in [0, 0.1) is 0 Å². The molecule has 0 aliphatic carbocycles. The van der Waals surface area contributed by atoms with Crippen LogP contribution in [0.4, 0.5) is 4.79 Å². The molecule has 0 saturated carbocycles. The molecular formula is C15H19N3O3S2. The Bertz CT molecular complexity index is 626. The fourth-order valence-corrected chi connectivity index (χ4v) is 3.42. The Labute approximate surface area is 142 Å². The van der Waals surface area contributed by atoms with E-state index >= 15 is 0 Å². The van der Waals surface area contributed by atoms with Gasteiger partial charge >= 0.3 is 12.0 Å². The maximum atomic E-state index is 11.7. The van der Waals surface area contributed by atoms with Crippen molar-refractivity contribution in [1.82, 2.24) is 10.3 Å². The second-order valence-corrected chi connectivity index (χ2v) is 6.56. The van der Waals surface area contributed by atoms with E-state index in [-0.39, 0.29) is 12.6 Å². The molecule has 124 valence electrons. The van der Waals surface area contributed by atoms with Gasteiger partial charge in [-0.25, -0.2) is 9.78 Å². The minimum Gasteiger partial charge on any atom is -0.459 e. The van der Waals surface area contributed by atoms with Gasteiger partial charge in [0.1, 0.15) is 11.6 Å². The van der Waals surface area contributed by atoms with Gasteiger partial charge < -0.3 is 15.8 Å². The van der Waals surface area contributed by atoms with Gasteiger partial charge in [0.2, 0.25) is 0 Å². The summed E-state index contributed by atoms with van der Waals surface area (Å²) in [6.45, 7) is 0.747. The molecule has 0 saturated heterocycles. The van der Waals surface area contributed by atoms with Gasteiger partial charge in [-0.05, 0) is 24.3 Å². The van der Waals surface area contributed by atoms with E-state index in [1.54, 1.807) is 22.7 Å². The van der Waals surface area contributed by atoms with Gasteiger partial charge in [-0.2, -0.15) is 11.3 Å². The summed E-state index contributed by atoms with van der Waals surface area (Å²) < 4.78 is 5.22. The summed E-state index contributed by atoms with van der Waals surface area (Å²) in [5.74, 6) is -0.224. The monoisotopic (exact) mass is 353 g/mol. The number of urea groups is 1. The third-order valence-corrected chi connectivity index (χ3v) is 4.68. The van der Waals surface area contributed by atoms with Crippen LogP contribution >= 0.6 is 22.7 Å². The van der Waals surface area contributed by atoms with Crippen molar-refractivity contribution in [2.24, 2.45) is 5.73 Å². The third kappa shape index (κ3) is 6.37. The summed E-state index contributed by atoms with van der Waals surface area (Å²) in [4.78, 5) is 26.6. The van der Waals surface area contributed by atoms with Crippen LogP contribution in [0.25, 0.3) is 10.6 Å². The molecule has 6 nitrogen and oxygen atoms in total. The van der Waals surface area contributed by atoms with E-state index in [2.05, 4.69) is 10.3 Å². The van der Waals surface area contributed by atoms with Gasteiger partial charge in [0.05, 0.1) is 5.69 Å². The van der Waals surface area contributed by atoms with Gasteiger partial charge in [-0.1, -0.05) is 6.42 Å². The number of nitrogens with zero attached hydrogens (tertiary/aromatic N) is 1. The predicted molar refractivity (Wildman–Crippen MR) is 91.3 cm³/mol. The summed E-state index contributed by atoms with van der Waals surface area (Å²) in [5.41, 5.74) is 6.83. The number of nitrogens with two attached hydrogens (primary N) is 1. The molecule has 0 aliphatic heterocycles. The van der Waals surface area contributed by atoms with E-state index in [9.17, 15) is 9.59 Å². The fourth-order valence-electron chi connectivity index (χ4n) is 1.90. The first-order valence-electron chi connectivity index (χ1n) is 7.31. The number of hydrogen-bond acceptors (Lipinski definition) is 6. The lowest BCUT2D eigenvalue weighted by molar-refractivity contribution is -0.145. The molecule has 23 heavy (non-hydrogen) atoms. The predicted octanol–water partition coefficient (Wildman–Crippen LogP) is 3.14. The number of thiazole rings is 1. The summed E-state index contributed by atoms with van der Waals surface area (Å²) in [6.07, 6.45) is 2.75. The van der Waals surface area contributed by atoms with E-state index < -0.39 is 6.03 Å². The van der Waals surface area contributed by atoms with Crippen LogP contribution in [0.2, 0.25) is 0 Å². The van der Waals surface area contributed by atoms with Crippen LogP contribution in [0.1, 0.15) is 31.4 Å².